The third kappa shape index (κ3) is 3.19. The highest BCUT2D eigenvalue weighted by Gasteiger charge is 2.31. The first kappa shape index (κ1) is 15.4. The van der Waals surface area contributed by atoms with Gasteiger partial charge in [0.2, 0.25) is 0 Å². The Kier molecular flexibility index (Phi) is 3.96. The van der Waals surface area contributed by atoms with E-state index in [-0.39, 0.29) is 22.4 Å². The number of benzene rings is 2. The van der Waals surface area contributed by atoms with Gasteiger partial charge in [-0.15, -0.1) is 0 Å². The Labute approximate surface area is 124 Å². The van der Waals surface area contributed by atoms with Crippen LogP contribution < -0.4 is 5.73 Å². The molecule has 21 heavy (non-hydrogen) atoms. The molecule has 6 heteroatoms. The molecule has 2 aromatic carbocycles. The lowest BCUT2D eigenvalue weighted by atomic mass is 9.97. The van der Waals surface area contributed by atoms with Crippen molar-refractivity contribution in [2.75, 3.05) is 5.73 Å². The van der Waals surface area contributed by atoms with E-state index < -0.39 is 17.5 Å². The number of rotatable bonds is 2. The molecule has 0 unspecified atom stereocenters. The smallest absolute Gasteiger partial charge is 0.398 e. The van der Waals surface area contributed by atoms with Gasteiger partial charge in [0.1, 0.15) is 0 Å². The summed E-state index contributed by atoms with van der Waals surface area (Å²) in [7, 11) is 0. The molecule has 0 spiro atoms. The first-order valence-corrected chi connectivity index (χ1v) is 6.35. The van der Waals surface area contributed by atoms with Crippen molar-refractivity contribution in [2.45, 2.75) is 13.1 Å². The molecule has 0 saturated carbocycles. The number of hydrogen-bond acceptors (Lipinski definition) is 2. The fourth-order valence-corrected chi connectivity index (χ4v) is 2.05. The molecule has 0 aromatic heterocycles. The van der Waals surface area contributed by atoms with Crippen molar-refractivity contribution < 1.29 is 18.0 Å². The van der Waals surface area contributed by atoms with Gasteiger partial charge < -0.3 is 5.73 Å². The second-order valence-electron chi connectivity index (χ2n) is 4.59. The van der Waals surface area contributed by atoms with Crippen LogP contribution in [-0.2, 0) is 6.18 Å². The zero-order valence-corrected chi connectivity index (χ0v) is 11.7. The molecule has 2 N–H and O–H groups in total. The van der Waals surface area contributed by atoms with Gasteiger partial charge in [0.25, 0.3) is 0 Å². The van der Waals surface area contributed by atoms with Gasteiger partial charge in [-0.25, -0.2) is 0 Å². The van der Waals surface area contributed by atoms with Gasteiger partial charge in [0, 0.05) is 11.1 Å². The third-order valence-corrected chi connectivity index (χ3v) is 3.40. The van der Waals surface area contributed by atoms with Crippen LogP contribution in [0.2, 0.25) is 5.02 Å². The number of halogens is 4. The van der Waals surface area contributed by atoms with Crippen LogP contribution in [0.3, 0.4) is 0 Å². The van der Waals surface area contributed by atoms with Gasteiger partial charge >= 0.3 is 6.18 Å². The molecule has 0 atom stereocenters. The van der Waals surface area contributed by atoms with Gasteiger partial charge in [0.05, 0.1) is 16.3 Å². The van der Waals surface area contributed by atoms with E-state index in [9.17, 15) is 18.0 Å². The minimum atomic E-state index is -4.43. The third-order valence-electron chi connectivity index (χ3n) is 3.06. The lowest BCUT2D eigenvalue weighted by molar-refractivity contribution is -0.137. The summed E-state index contributed by atoms with van der Waals surface area (Å²) < 4.78 is 37.8. The van der Waals surface area contributed by atoms with E-state index in [1.54, 1.807) is 0 Å². The van der Waals surface area contributed by atoms with E-state index in [0.29, 0.717) is 5.02 Å². The average molecular weight is 314 g/mol. The van der Waals surface area contributed by atoms with Crippen LogP contribution in [0.25, 0.3) is 0 Å². The summed E-state index contributed by atoms with van der Waals surface area (Å²) in [6.07, 6.45) is -4.43. The Hall–Kier alpha value is -2.01. The van der Waals surface area contributed by atoms with E-state index in [1.165, 1.54) is 31.2 Å². The summed E-state index contributed by atoms with van der Waals surface area (Å²) in [4.78, 5) is 12.3. The molecule has 0 bridgehead atoms. The number of nitrogen functional groups attached to an aromatic ring is 1. The van der Waals surface area contributed by atoms with Crippen LogP contribution >= 0.6 is 11.6 Å². The van der Waals surface area contributed by atoms with Gasteiger partial charge in [-0.05, 0) is 42.8 Å². The quantitative estimate of drug-likeness (QED) is 0.656. The molecule has 0 heterocycles. The monoisotopic (exact) mass is 313 g/mol. The van der Waals surface area contributed by atoms with Crippen molar-refractivity contribution in [3.63, 3.8) is 0 Å². The van der Waals surface area contributed by atoms with Crippen molar-refractivity contribution in [1.82, 2.24) is 0 Å². The SMILES string of the molecule is Cc1cc(C(F)(F)F)ccc1C(=O)c1ccc(Cl)c(N)c1. The topological polar surface area (TPSA) is 43.1 Å². The molecule has 0 radical (unpaired) electrons. The molecule has 110 valence electrons. The normalized spacial score (nSPS) is 11.5. The summed E-state index contributed by atoms with van der Waals surface area (Å²) in [6.45, 7) is 1.46. The lowest BCUT2D eigenvalue weighted by Gasteiger charge is -2.11. The second-order valence-corrected chi connectivity index (χ2v) is 5.00. The number of ketones is 1. The highest BCUT2D eigenvalue weighted by Crippen LogP contribution is 2.31. The standard InChI is InChI=1S/C15H11ClF3NO/c1-8-6-10(15(17,18)19)3-4-11(8)14(21)9-2-5-12(16)13(20)7-9/h2-7H,20H2,1H3. The Bertz CT molecular complexity index is 711. The van der Waals surface area contributed by atoms with E-state index >= 15 is 0 Å². The minimum Gasteiger partial charge on any atom is -0.398 e. The van der Waals surface area contributed by atoms with Crippen molar-refractivity contribution in [3.8, 4) is 0 Å². The zero-order valence-electron chi connectivity index (χ0n) is 11.0. The predicted octanol–water partition coefficient (Wildman–Crippen LogP) is 4.48. The van der Waals surface area contributed by atoms with Crippen LogP contribution in [0, 0.1) is 6.92 Å². The molecular weight excluding hydrogens is 303 g/mol. The van der Waals surface area contributed by atoms with Crippen LogP contribution in [0.15, 0.2) is 36.4 Å². The first-order chi connectivity index (χ1) is 9.70. The Balaban J connectivity index is 2.42. The Morgan fingerprint density at radius 2 is 1.81 bits per heavy atom. The average Bonchev–Trinajstić information content (AvgIpc) is 2.40. The number of anilines is 1. The molecule has 0 aliphatic heterocycles. The second kappa shape index (κ2) is 5.41. The van der Waals surface area contributed by atoms with Gasteiger partial charge in [0.15, 0.2) is 5.78 Å². The molecule has 0 saturated heterocycles. The summed E-state index contributed by atoms with van der Waals surface area (Å²) in [5, 5.41) is 0.315. The molecule has 2 aromatic rings. The van der Waals surface area contributed by atoms with Gasteiger partial charge in [-0.2, -0.15) is 13.2 Å². The number of nitrogens with two attached hydrogens (primary N) is 1. The first-order valence-electron chi connectivity index (χ1n) is 5.97. The van der Waals surface area contributed by atoms with E-state index in [0.717, 1.165) is 12.1 Å². The maximum Gasteiger partial charge on any atom is 0.416 e. The van der Waals surface area contributed by atoms with Crippen molar-refractivity contribution in [3.05, 3.63) is 63.7 Å². The molecular formula is C15H11ClF3NO. The lowest BCUT2D eigenvalue weighted by Crippen LogP contribution is -2.09. The minimum absolute atomic E-state index is 0.199. The maximum absolute atomic E-state index is 12.6. The fourth-order valence-electron chi connectivity index (χ4n) is 1.94. The largest absolute Gasteiger partial charge is 0.416 e. The molecule has 0 aliphatic rings. The number of hydrogen-bond donors (Lipinski definition) is 1. The van der Waals surface area contributed by atoms with Crippen LogP contribution in [0.1, 0.15) is 27.0 Å². The molecule has 0 fully saturated rings. The fraction of sp³-hybridized carbons (Fsp3) is 0.133. The molecule has 0 amide bonds. The van der Waals surface area contributed by atoms with Gasteiger partial charge in [-0.3, -0.25) is 4.79 Å². The Morgan fingerprint density at radius 3 is 2.33 bits per heavy atom. The van der Waals surface area contributed by atoms with Crippen molar-refractivity contribution in [1.29, 1.82) is 0 Å². The number of aryl methyl sites for hydroxylation is 1. The molecule has 2 nitrogen and oxygen atoms in total. The summed E-state index contributed by atoms with van der Waals surface area (Å²) in [5.41, 5.74) is 5.81. The van der Waals surface area contributed by atoms with E-state index in [2.05, 4.69) is 0 Å². The van der Waals surface area contributed by atoms with Crippen LogP contribution in [0.4, 0.5) is 18.9 Å². The van der Waals surface area contributed by atoms with E-state index in [1.807, 2.05) is 0 Å². The number of alkyl halides is 3. The maximum atomic E-state index is 12.6. The summed E-state index contributed by atoms with van der Waals surface area (Å²) in [5.74, 6) is -0.399. The zero-order chi connectivity index (χ0) is 15.8. The number of carbonyl (C=O) groups is 1. The van der Waals surface area contributed by atoms with Crippen molar-refractivity contribution in [2.24, 2.45) is 0 Å². The molecule has 2 rings (SSSR count). The van der Waals surface area contributed by atoms with Crippen LogP contribution in [-0.4, -0.2) is 5.78 Å². The highest BCUT2D eigenvalue weighted by molar-refractivity contribution is 6.33. The van der Waals surface area contributed by atoms with E-state index in [4.69, 9.17) is 17.3 Å². The van der Waals surface area contributed by atoms with Crippen LogP contribution in [0.5, 0.6) is 0 Å². The van der Waals surface area contributed by atoms with Crippen molar-refractivity contribution >= 4 is 23.1 Å². The van der Waals surface area contributed by atoms with Gasteiger partial charge in [-0.1, -0.05) is 17.7 Å². The summed E-state index contributed by atoms with van der Waals surface area (Å²) in [6, 6.07) is 7.38. The summed E-state index contributed by atoms with van der Waals surface area (Å²) >= 11 is 5.77. The highest BCUT2D eigenvalue weighted by atomic mass is 35.5. The number of carbonyl (C=O) groups excluding carboxylic acids is 1. The molecule has 0 aliphatic carbocycles. The Morgan fingerprint density at radius 1 is 1.14 bits per heavy atom. The predicted molar refractivity (Wildman–Crippen MR) is 75.5 cm³/mol.